The van der Waals surface area contributed by atoms with Gasteiger partial charge in [-0.25, -0.2) is 33.9 Å². The minimum atomic E-state index is -1.25. The van der Waals surface area contributed by atoms with Crippen LogP contribution in [0, 0.1) is 11.3 Å². The maximum atomic E-state index is 13.0. The number of halogens is 1. The normalized spacial score (nSPS) is 19.7. The zero-order chi connectivity index (χ0) is 35.2. The molecule has 5 heterocycles. The second kappa shape index (κ2) is 13.7. The molecule has 7 rings (SSSR count). The van der Waals surface area contributed by atoms with Crippen LogP contribution in [0.4, 0.5) is 17.6 Å². The predicted octanol–water partition coefficient (Wildman–Crippen LogP) is 6.98. The molecule has 260 valence electrons. The number of anilines is 3. The van der Waals surface area contributed by atoms with Gasteiger partial charge in [-0.05, 0) is 57.2 Å². The van der Waals surface area contributed by atoms with Gasteiger partial charge in [0.05, 0.1) is 38.8 Å². The van der Waals surface area contributed by atoms with Gasteiger partial charge in [-0.1, -0.05) is 48.5 Å². The van der Waals surface area contributed by atoms with Gasteiger partial charge < -0.3 is 14.8 Å². The molecule has 1 saturated heterocycles. The van der Waals surface area contributed by atoms with Gasteiger partial charge in [0.2, 0.25) is 5.95 Å². The Kier molecular flexibility index (Phi) is 9.44. The van der Waals surface area contributed by atoms with E-state index in [4.69, 9.17) is 26.6 Å². The van der Waals surface area contributed by atoms with Crippen molar-refractivity contribution in [3.63, 3.8) is 0 Å². The minimum absolute atomic E-state index is 0.105. The molecule has 14 heteroatoms. The Morgan fingerprint density at radius 1 is 1.02 bits per heavy atom. The maximum Gasteiger partial charge on any atom is 0.228 e. The van der Waals surface area contributed by atoms with Crippen LogP contribution in [0.2, 0.25) is 5.02 Å². The summed E-state index contributed by atoms with van der Waals surface area (Å²) in [5.74, 6) is 1.71. The van der Waals surface area contributed by atoms with Crippen molar-refractivity contribution in [3.8, 4) is 11.3 Å². The van der Waals surface area contributed by atoms with Gasteiger partial charge in [-0.15, -0.1) is 0 Å². The topological polar surface area (TPSA) is 131 Å². The summed E-state index contributed by atoms with van der Waals surface area (Å²) in [6.07, 6.45) is 11.2. The van der Waals surface area contributed by atoms with E-state index in [1.807, 2.05) is 59.0 Å². The smallest absolute Gasteiger partial charge is 0.228 e. The van der Waals surface area contributed by atoms with Gasteiger partial charge in [0.1, 0.15) is 16.6 Å². The number of nitrogens with zero attached hydrogens (tertiary/aromatic N) is 7. The number of carbonyl (C=O) groups is 1. The third-order valence-electron chi connectivity index (χ3n) is 9.81. The molecule has 0 radical (unpaired) electrons. The Balaban J connectivity index is 1.01. The van der Waals surface area contributed by atoms with E-state index in [-0.39, 0.29) is 23.2 Å². The van der Waals surface area contributed by atoms with E-state index in [9.17, 15) is 9.00 Å². The third kappa shape index (κ3) is 6.75. The number of Topliss-reactive ketones (excluding diaryl/α,β-unsaturated/α-hetero) is 1. The molecule has 0 bridgehead atoms. The summed E-state index contributed by atoms with van der Waals surface area (Å²) in [5, 5.41) is 5.43. The van der Waals surface area contributed by atoms with Crippen LogP contribution < -0.4 is 14.9 Å². The largest absolute Gasteiger partial charge is 0.355 e. The van der Waals surface area contributed by atoms with E-state index in [2.05, 4.69) is 47.8 Å². The molecule has 2 N–H and O–H groups in total. The molecule has 4 aromatic heterocycles. The first kappa shape index (κ1) is 34.5. The van der Waals surface area contributed by atoms with E-state index < -0.39 is 15.7 Å². The van der Waals surface area contributed by atoms with E-state index in [1.54, 1.807) is 24.8 Å². The number of nitrogens with one attached hydrogen (secondary N) is 2. The van der Waals surface area contributed by atoms with Crippen molar-refractivity contribution in [2.24, 2.45) is 18.4 Å². The third-order valence-corrected chi connectivity index (χ3v) is 12.9. The van der Waals surface area contributed by atoms with Crippen molar-refractivity contribution < 1.29 is 9.00 Å². The quantitative estimate of drug-likeness (QED) is 0.172. The lowest BCUT2D eigenvalue weighted by Gasteiger charge is -2.44. The molecule has 1 aliphatic heterocycles. The van der Waals surface area contributed by atoms with Crippen LogP contribution in [0.15, 0.2) is 77.3 Å². The SMILES string of the molecule is C[C@@H]1C(=O)CC2(CCN(c3cnc(Sc4ccnc(Nc5nccc(-c6cn(C)c7ccccc67)n5)c4Cl)cn3)CC2)[C@H]1N[S@](=O)C(C)(C)C. The molecule has 50 heavy (non-hydrogen) atoms. The van der Waals surface area contributed by atoms with E-state index in [0.717, 1.165) is 58.8 Å². The van der Waals surface area contributed by atoms with Crippen LogP contribution in [0.25, 0.3) is 22.2 Å². The van der Waals surface area contributed by atoms with Gasteiger partial charge in [-0.3, -0.25) is 4.79 Å². The van der Waals surface area contributed by atoms with Crippen LogP contribution in [0.3, 0.4) is 0 Å². The summed E-state index contributed by atoms with van der Waals surface area (Å²) < 4.78 is 18.0. The summed E-state index contributed by atoms with van der Waals surface area (Å²) >= 11 is 8.24. The number of fused-ring (bicyclic) bond motifs is 1. The molecular formula is C36H40ClN9O2S2. The van der Waals surface area contributed by atoms with Crippen molar-refractivity contribution in [1.82, 2.24) is 34.2 Å². The molecule has 3 atom stereocenters. The van der Waals surface area contributed by atoms with Gasteiger partial charge in [0.15, 0.2) is 5.82 Å². The first-order valence-electron chi connectivity index (χ1n) is 16.7. The summed E-state index contributed by atoms with van der Waals surface area (Å²) in [4.78, 5) is 38.9. The van der Waals surface area contributed by atoms with Gasteiger partial charge in [0, 0.05) is 78.5 Å². The predicted molar refractivity (Wildman–Crippen MR) is 200 cm³/mol. The lowest BCUT2D eigenvalue weighted by atomic mass is 9.73. The van der Waals surface area contributed by atoms with Crippen LogP contribution in [-0.4, -0.2) is 63.4 Å². The Labute approximate surface area is 303 Å². The Morgan fingerprint density at radius 3 is 2.52 bits per heavy atom. The second-order valence-corrected chi connectivity index (χ2v) is 17.5. The summed E-state index contributed by atoms with van der Waals surface area (Å²) in [7, 11) is 0.776. The molecular weight excluding hydrogens is 690 g/mol. The molecule has 1 aromatic carbocycles. The average Bonchev–Trinajstić information content (AvgIpc) is 3.55. The first-order valence-corrected chi connectivity index (χ1v) is 19.0. The Bertz CT molecular complexity index is 2070. The van der Waals surface area contributed by atoms with Gasteiger partial charge in [0.25, 0.3) is 0 Å². The number of benzene rings is 1. The maximum absolute atomic E-state index is 13.0. The van der Waals surface area contributed by atoms with Gasteiger partial charge >= 0.3 is 0 Å². The number of ketones is 1. The van der Waals surface area contributed by atoms with Crippen molar-refractivity contribution in [2.45, 2.75) is 67.7 Å². The van der Waals surface area contributed by atoms with Crippen molar-refractivity contribution >= 4 is 68.6 Å². The van der Waals surface area contributed by atoms with E-state index in [0.29, 0.717) is 28.2 Å². The zero-order valence-electron chi connectivity index (χ0n) is 28.7. The standard InChI is InChI=1S/C36H40ClN9O2S2/c1-22-27(47)18-36(32(22)44-50(48)35(2,3)4)12-16-46(17-13-36)29-19-41-30(20-40-29)49-28-11-15-38-33(31(28)37)43-34-39-14-10-25(42-34)24-21-45(5)26-9-7-6-8-23(24)26/h6-11,14-15,19-22,32,44H,12-13,16-18H2,1-5H3,(H,38,39,42,43)/t22-,32+,50-/m1/s1. The Morgan fingerprint density at radius 2 is 1.78 bits per heavy atom. The van der Waals surface area contributed by atoms with Crippen molar-refractivity contribution in [2.75, 3.05) is 23.3 Å². The average molecular weight is 730 g/mol. The summed E-state index contributed by atoms with van der Waals surface area (Å²) in [6.45, 7) is 9.32. The lowest BCUT2D eigenvalue weighted by Crippen LogP contribution is -2.53. The van der Waals surface area contributed by atoms with Crippen molar-refractivity contribution in [3.05, 3.63) is 72.4 Å². The van der Waals surface area contributed by atoms with E-state index in [1.165, 1.54) is 11.8 Å². The van der Waals surface area contributed by atoms with E-state index >= 15 is 0 Å². The number of aromatic nitrogens is 6. The molecule has 0 unspecified atom stereocenters. The Hall–Kier alpha value is -3.91. The molecule has 0 amide bonds. The number of pyridine rings is 1. The highest BCUT2D eigenvalue weighted by atomic mass is 35.5. The first-order chi connectivity index (χ1) is 23.9. The number of rotatable bonds is 8. The lowest BCUT2D eigenvalue weighted by molar-refractivity contribution is -0.120. The molecule has 2 fully saturated rings. The molecule has 2 aliphatic rings. The number of hydrogen-bond donors (Lipinski definition) is 2. The highest BCUT2D eigenvalue weighted by Crippen LogP contribution is 2.48. The minimum Gasteiger partial charge on any atom is -0.355 e. The number of carbonyl (C=O) groups excluding carboxylic acids is 1. The molecule has 1 saturated carbocycles. The van der Waals surface area contributed by atoms with Crippen LogP contribution in [0.5, 0.6) is 0 Å². The fourth-order valence-corrected chi connectivity index (χ4v) is 9.04. The van der Waals surface area contributed by atoms with Crippen LogP contribution >= 0.6 is 23.4 Å². The van der Waals surface area contributed by atoms with Crippen LogP contribution in [0.1, 0.15) is 47.0 Å². The highest BCUT2D eigenvalue weighted by molar-refractivity contribution is 7.99. The second-order valence-electron chi connectivity index (χ2n) is 14.1. The molecule has 1 spiro atoms. The number of piperidine rings is 1. The number of hydrogen-bond acceptors (Lipinski definition) is 10. The molecule has 11 nitrogen and oxygen atoms in total. The fourth-order valence-electron chi connectivity index (χ4n) is 6.97. The number of aryl methyl sites for hydroxylation is 1. The highest BCUT2D eigenvalue weighted by Gasteiger charge is 2.53. The molecule has 1 aliphatic carbocycles. The monoisotopic (exact) mass is 729 g/mol. The van der Waals surface area contributed by atoms with Crippen LogP contribution in [-0.2, 0) is 22.8 Å². The molecule has 5 aromatic rings. The number of para-hydroxylation sites is 1. The fraction of sp³-hybridized carbons (Fsp3) is 0.389. The van der Waals surface area contributed by atoms with Gasteiger partial charge in [-0.2, -0.15) is 0 Å². The summed E-state index contributed by atoms with van der Waals surface area (Å²) in [6, 6.07) is 11.8. The summed E-state index contributed by atoms with van der Waals surface area (Å²) in [5.41, 5.74) is 2.73. The van der Waals surface area contributed by atoms with Crippen molar-refractivity contribution in [1.29, 1.82) is 0 Å². The zero-order valence-corrected chi connectivity index (χ0v) is 31.1.